The molecule has 0 aromatic heterocycles. The molecule has 0 fully saturated rings. The van der Waals surface area contributed by atoms with Gasteiger partial charge in [-0.25, -0.2) is 0 Å². The Bertz CT molecular complexity index is 8.00. The molecule has 0 nitrogen and oxygen atoms in total. The van der Waals surface area contributed by atoms with Crippen molar-refractivity contribution in [3.63, 3.8) is 0 Å². The van der Waals surface area contributed by atoms with E-state index in [-0.39, 0.29) is 41.5 Å². The third-order valence-electron chi connectivity index (χ3n) is 0. The second-order valence-electron chi connectivity index (χ2n) is 0. The fourth-order valence-electron chi connectivity index (χ4n) is 0. The van der Waals surface area contributed by atoms with Crippen LogP contribution in [0.4, 0.5) is 0 Å². The van der Waals surface area contributed by atoms with Crippen LogP contribution in [0.25, 0.3) is 0 Å². The molecule has 0 aliphatic carbocycles. The van der Waals surface area contributed by atoms with Crippen molar-refractivity contribution < 1.29 is 0 Å². The van der Waals surface area contributed by atoms with Gasteiger partial charge in [0.15, 0.2) is 0 Å². The topological polar surface area (TPSA) is 0 Å². The van der Waals surface area contributed by atoms with Crippen LogP contribution >= 0.6 is 0 Å². The van der Waals surface area contributed by atoms with Crippen molar-refractivity contribution in [2.45, 2.75) is 0 Å². The second-order valence-corrected chi connectivity index (χ2v) is 0. The second kappa shape index (κ2) is 23.0. The normalized spacial score (nSPS) is 2.00. The molecule has 0 radical (unpaired) electrons. The van der Waals surface area contributed by atoms with Gasteiger partial charge >= 0.3 is 41.5 Å². The monoisotopic (exact) mass is 246 g/mol. The van der Waals surface area contributed by atoms with E-state index < -0.39 is 0 Å². The summed E-state index contributed by atoms with van der Waals surface area (Å²) in [6, 6.07) is 0. The molecular formula is H13BGeSiSn. The van der Waals surface area contributed by atoms with Gasteiger partial charge in [-0.2, -0.15) is 0 Å². The first-order chi connectivity index (χ1) is 1.00. The molecule has 0 saturated carbocycles. The number of hydrogen-bond donors (Lipinski definition) is 0. The van der Waals surface area contributed by atoms with Gasteiger partial charge in [0.25, 0.3) is 0 Å². The standard InChI is InChI=1S/BH5Si.GeH4.Sn.4H/c1-2;;;;;;/h1H2,2H3;1H4;;;;;. The molecule has 0 amide bonds. The predicted molar refractivity (Wildman–Crippen MR) is 41.2 cm³/mol. The van der Waals surface area contributed by atoms with E-state index in [9.17, 15) is 0 Å². The minimum absolute atomic E-state index is 0. The fourth-order valence-corrected chi connectivity index (χ4v) is 0. The minimum atomic E-state index is 0. The third kappa shape index (κ3) is 9.46. The quantitative estimate of drug-likeness (QED) is 0.374. The van der Waals surface area contributed by atoms with E-state index >= 15 is 0 Å². The van der Waals surface area contributed by atoms with Crippen molar-refractivity contribution in [1.29, 1.82) is 0 Å². The molecule has 4 heavy (non-hydrogen) atoms. The van der Waals surface area contributed by atoms with Crippen LogP contribution < -0.4 is 0 Å². The van der Waals surface area contributed by atoms with E-state index in [2.05, 4.69) is 7.44 Å². The first-order valence-electron chi connectivity index (χ1n) is 1.00. The molecule has 0 spiro atoms. The van der Waals surface area contributed by atoms with Crippen molar-refractivity contribution in [1.82, 2.24) is 0 Å². The van der Waals surface area contributed by atoms with Gasteiger partial charge < -0.3 is 0 Å². The zero-order valence-electron chi connectivity index (χ0n) is 2.00. The van der Waals surface area contributed by atoms with E-state index in [1.54, 1.807) is 0 Å². The summed E-state index contributed by atoms with van der Waals surface area (Å²) in [5.41, 5.74) is 0. The van der Waals surface area contributed by atoms with Crippen molar-refractivity contribution in [3.05, 3.63) is 0 Å². The SMILES string of the molecule is B[SiH3].[GeH4].[SnH4]. The van der Waals surface area contributed by atoms with Gasteiger partial charge in [-0.05, 0) is 10.1 Å². The van der Waals surface area contributed by atoms with Gasteiger partial charge in [0.1, 0.15) is 0 Å². The van der Waals surface area contributed by atoms with Crippen LogP contribution in [0.5, 0.6) is 0 Å². The van der Waals surface area contributed by atoms with Crippen LogP contribution in [0.2, 0.25) is 0 Å². The van der Waals surface area contributed by atoms with Gasteiger partial charge in [0, 0.05) is 0 Å². The summed E-state index contributed by atoms with van der Waals surface area (Å²) in [4.78, 5) is 0. The van der Waals surface area contributed by atoms with Crippen LogP contribution in [-0.4, -0.2) is 59.1 Å². The zero-order chi connectivity index (χ0) is 2.00. The molecular weight excluding hydrogens is 230 g/mol. The van der Waals surface area contributed by atoms with Crippen LogP contribution in [0.3, 0.4) is 0 Å². The van der Waals surface area contributed by atoms with Crippen molar-refractivity contribution in [2.75, 3.05) is 0 Å². The zero-order valence-corrected chi connectivity index (χ0v) is 4.00. The van der Waals surface area contributed by atoms with Crippen molar-refractivity contribution in [2.24, 2.45) is 0 Å². The first kappa shape index (κ1) is 17.5. The van der Waals surface area contributed by atoms with Crippen LogP contribution in [0, 0.1) is 0 Å². The Morgan fingerprint density at radius 1 is 1.25 bits per heavy atom. The third-order valence-corrected chi connectivity index (χ3v) is 0. The molecule has 0 bridgehead atoms. The molecule has 0 unspecified atom stereocenters. The van der Waals surface area contributed by atoms with E-state index in [4.69, 9.17) is 0 Å². The van der Waals surface area contributed by atoms with Crippen molar-refractivity contribution in [3.8, 4) is 0 Å². The average Bonchev–Trinajstić information content (AvgIpc) is 1.00. The Balaban J connectivity index is -0.00000000500. The van der Waals surface area contributed by atoms with Gasteiger partial charge in [0.05, 0.1) is 7.44 Å². The Kier molecular flexibility index (Phi) is 101. The summed E-state index contributed by atoms with van der Waals surface area (Å²) in [7, 11) is 3.44. The summed E-state index contributed by atoms with van der Waals surface area (Å²) in [5.74, 6) is 0. The summed E-state index contributed by atoms with van der Waals surface area (Å²) in [6.45, 7) is 0. The molecule has 0 heterocycles. The number of rotatable bonds is 0. The fraction of sp³-hybridized carbons (Fsp3) is 0. The van der Waals surface area contributed by atoms with Gasteiger partial charge in [0.2, 0.25) is 0 Å². The maximum absolute atomic E-state index is 2.14. The molecule has 0 rings (SSSR count). The Labute approximate surface area is 58.8 Å². The Hall–Kier alpha value is 1.62. The molecule has 0 aromatic rings. The molecule has 0 saturated heterocycles. The Morgan fingerprint density at radius 2 is 1.25 bits per heavy atom. The molecule has 0 aliphatic heterocycles. The Morgan fingerprint density at radius 3 is 1.25 bits per heavy atom. The molecule has 0 aromatic carbocycles. The van der Waals surface area contributed by atoms with Crippen LogP contribution in [0.15, 0.2) is 0 Å². The summed E-state index contributed by atoms with van der Waals surface area (Å²) < 4.78 is 0. The summed E-state index contributed by atoms with van der Waals surface area (Å²) in [5, 5.41) is 0. The summed E-state index contributed by atoms with van der Waals surface area (Å²) >= 11 is 0. The maximum atomic E-state index is 2.14. The molecule has 0 aliphatic rings. The van der Waals surface area contributed by atoms with Gasteiger partial charge in [-0.1, -0.05) is 0 Å². The molecule has 28 valence electrons. The first-order valence-corrected chi connectivity index (χ1v) is 3.00. The van der Waals surface area contributed by atoms with Crippen LogP contribution in [0.1, 0.15) is 0 Å². The van der Waals surface area contributed by atoms with E-state index in [1.165, 1.54) is 10.1 Å². The summed E-state index contributed by atoms with van der Waals surface area (Å²) in [6.07, 6.45) is 0. The molecule has 4 heteroatoms. The van der Waals surface area contributed by atoms with E-state index in [0.29, 0.717) is 0 Å². The van der Waals surface area contributed by atoms with Crippen LogP contribution in [-0.2, 0) is 0 Å². The van der Waals surface area contributed by atoms with Gasteiger partial charge in [-0.3, -0.25) is 0 Å². The van der Waals surface area contributed by atoms with E-state index in [1.807, 2.05) is 0 Å². The number of hydrogen-bond acceptors (Lipinski definition) is 0. The van der Waals surface area contributed by atoms with E-state index in [0.717, 1.165) is 0 Å². The van der Waals surface area contributed by atoms with Gasteiger partial charge in [-0.15, -0.1) is 0 Å². The predicted octanol–water partition coefficient (Wildman–Crippen LogP) is -5.00. The van der Waals surface area contributed by atoms with Crippen molar-refractivity contribution >= 4 is 59.1 Å². The molecule has 0 atom stereocenters. The average molecular weight is 243 g/mol. The molecule has 0 N–H and O–H groups in total.